The summed E-state index contributed by atoms with van der Waals surface area (Å²) in [5, 5.41) is -0.158. The number of carbonyl (C=O) groups excluding carboxylic acids is 2. The summed E-state index contributed by atoms with van der Waals surface area (Å²) in [7, 11) is 1.59. The lowest BCUT2D eigenvalue weighted by atomic mass is 10.0. The average Bonchev–Trinajstić information content (AvgIpc) is 2.59. The molecule has 1 aromatic rings. The van der Waals surface area contributed by atoms with E-state index in [1.807, 2.05) is 19.1 Å². The van der Waals surface area contributed by atoms with Crippen molar-refractivity contribution in [3.8, 4) is 5.75 Å². The van der Waals surface area contributed by atoms with Gasteiger partial charge in [-0.2, -0.15) is 0 Å². The number of nitrogens with two attached hydrogens (primary N) is 1. The zero-order chi connectivity index (χ0) is 16.6. The van der Waals surface area contributed by atoms with Gasteiger partial charge >= 0.3 is 5.97 Å². The molecule has 2 atom stereocenters. The van der Waals surface area contributed by atoms with Crippen molar-refractivity contribution in [2.24, 2.45) is 5.73 Å². The first kappa shape index (κ1) is 15.9. The third-order valence-electron chi connectivity index (χ3n) is 3.92. The summed E-state index contributed by atoms with van der Waals surface area (Å²) in [6.45, 7) is 1.98. The normalized spacial score (nSPS) is 23.3. The van der Waals surface area contributed by atoms with Crippen LogP contribution in [0.3, 0.4) is 0 Å². The fourth-order valence-electron chi connectivity index (χ4n) is 2.60. The van der Waals surface area contributed by atoms with E-state index in [0.717, 1.165) is 16.9 Å². The highest BCUT2D eigenvalue weighted by Crippen LogP contribution is 2.39. The van der Waals surface area contributed by atoms with E-state index < -0.39 is 12.0 Å². The number of esters is 1. The molecule has 1 unspecified atom stereocenters. The van der Waals surface area contributed by atoms with E-state index in [9.17, 15) is 9.59 Å². The number of amides is 1. The molecule has 2 heterocycles. The molecule has 1 fully saturated rings. The Morgan fingerprint density at radius 1 is 1.39 bits per heavy atom. The van der Waals surface area contributed by atoms with Crippen LogP contribution >= 0.6 is 11.8 Å². The summed E-state index contributed by atoms with van der Waals surface area (Å²) in [6.07, 6.45) is 0. The van der Waals surface area contributed by atoms with E-state index in [1.54, 1.807) is 31.0 Å². The molecular weight excluding hydrogens is 316 g/mol. The number of benzene rings is 1. The predicted molar refractivity (Wildman–Crippen MR) is 86.6 cm³/mol. The van der Waals surface area contributed by atoms with Gasteiger partial charge in [0.2, 0.25) is 5.91 Å². The Morgan fingerprint density at radius 2 is 2.09 bits per heavy atom. The van der Waals surface area contributed by atoms with Crippen molar-refractivity contribution in [3.63, 3.8) is 0 Å². The number of nitrogens with zero attached hydrogens (tertiary/aromatic N) is 1. The highest BCUT2D eigenvalue weighted by atomic mass is 32.2. The third kappa shape index (κ3) is 2.82. The molecule has 1 amide bonds. The highest BCUT2D eigenvalue weighted by molar-refractivity contribution is 8.00. The minimum absolute atomic E-state index is 0.144. The van der Waals surface area contributed by atoms with Gasteiger partial charge < -0.3 is 15.2 Å². The molecule has 1 saturated heterocycles. The van der Waals surface area contributed by atoms with Crippen LogP contribution in [-0.4, -0.2) is 41.1 Å². The number of thioether (sulfide) groups is 1. The lowest BCUT2D eigenvalue weighted by Gasteiger charge is -2.48. The Balaban J connectivity index is 1.68. The van der Waals surface area contributed by atoms with Gasteiger partial charge in [0.1, 0.15) is 29.5 Å². The largest absolute Gasteiger partial charge is 0.497 e. The second-order valence-electron chi connectivity index (χ2n) is 5.49. The number of rotatable bonds is 4. The summed E-state index contributed by atoms with van der Waals surface area (Å²) >= 11 is 1.57. The van der Waals surface area contributed by atoms with E-state index in [2.05, 4.69) is 0 Å². The monoisotopic (exact) mass is 334 g/mol. The molecule has 23 heavy (non-hydrogen) atoms. The molecule has 2 N–H and O–H groups in total. The van der Waals surface area contributed by atoms with Gasteiger partial charge in [0, 0.05) is 5.75 Å². The van der Waals surface area contributed by atoms with Gasteiger partial charge in [-0.3, -0.25) is 9.69 Å². The van der Waals surface area contributed by atoms with Gasteiger partial charge in [0.05, 0.1) is 7.11 Å². The van der Waals surface area contributed by atoms with Gasteiger partial charge in [-0.15, -0.1) is 11.8 Å². The number of fused-ring (bicyclic) bond motifs is 1. The zero-order valence-electron chi connectivity index (χ0n) is 12.9. The first-order chi connectivity index (χ1) is 11.0. The highest BCUT2D eigenvalue weighted by Gasteiger charge is 2.51. The molecule has 3 rings (SSSR count). The van der Waals surface area contributed by atoms with Crippen LogP contribution in [0, 0.1) is 0 Å². The molecule has 0 spiro atoms. The molecule has 0 saturated carbocycles. The zero-order valence-corrected chi connectivity index (χ0v) is 13.8. The van der Waals surface area contributed by atoms with Crippen molar-refractivity contribution < 1.29 is 19.1 Å². The van der Waals surface area contributed by atoms with Crippen molar-refractivity contribution in [1.29, 1.82) is 0 Å². The minimum Gasteiger partial charge on any atom is -0.497 e. The van der Waals surface area contributed by atoms with E-state index in [0.29, 0.717) is 11.4 Å². The van der Waals surface area contributed by atoms with Gasteiger partial charge in [-0.1, -0.05) is 12.1 Å². The maximum atomic E-state index is 12.4. The lowest BCUT2D eigenvalue weighted by molar-refractivity contribution is -0.151. The molecular formula is C16H18N2O4S. The van der Waals surface area contributed by atoms with Crippen molar-refractivity contribution in [2.45, 2.75) is 24.9 Å². The summed E-state index contributed by atoms with van der Waals surface area (Å²) in [5.74, 6) is 0.711. The third-order valence-corrected chi connectivity index (χ3v) is 5.37. The Bertz CT molecular complexity index is 671. The Morgan fingerprint density at radius 3 is 2.74 bits per heavy atom. The topological polar surface area (TPSA) is 81.9 Å². The molecule has 0 radical (unpaired) electrons. The van der Waals surface area contributed by atoms with E-state index in [1.165, 1.54) is 4.90 Å². The van der Waals surface area contributed by atoms with Crippen LogP contribution in [-0.2, 0) is 20.9 Å². The SMILES string of the molecule is COc1ccc(COC(=O)C2=C(C)CS[C@@H]3C(N)C(=O)N23)cc1. The predicted octanol–water partition coefficient (Wildman–Crippen LogP) is 1.25. The number of β-lactam (4-membered cyclic amide) rings is 1. The summed E-state index contributed by atoms with van der Waals surface area (Å²) in [6, 6.07) is 6.74. The van der Waals surface area contributed by atoms with Crippen LogP contribution in [0.2, 0.25) is 0 Å². The molecule has 6 nitrogen and oxygen atoms in total. The fourth-order valence-corrected chi connectivity index (χ4v) is 3.84. The van der Waals surface area contributed by atoms with E-state index >= 15 is 0 Å². The number of hydrogen-bond donors (Lipinski definition) is 1. The van der Waals surface area contributed by atoms with E-state index in [4.69, 9.17) is 15.2 Å². The summed E-state index contributed by atoms with van der Waals surface area (Å²) in [4.78, 5) is 25.8. The smallest absolute Gasteiger partial charge is 0.355 e. The van der Waals surface area contributed by atoms with Crippen LogP contribution in [0.1, 0.15) is 12.5 Å². The molecule has 2 aliphatic rings. The maximum absolute atomic E-state index is 12.4. The second-order valence-corrected chi connectivity index (χ2v) is 6.59. The molecule has 0 aromatic heterocycles. The molecule has 122 valence electrons. The van der Waals surface area contributed by atoms with Crippen molar-refractivity contribution in [2.75, 3.05) is 12.9 Å². The van der Waals surface area contributed by atoms with Gasteiger partial charge in [-0.25, -0.2) is 4.79 Å². The first-order valence-electron chi connectivity index (χ1n) is 7.23. The standard InChI is InChI=1S/C16H18N2O4S/c1-9-8-23-15-12(17)14(19)18(15)13(9)16(20)22-7-10-3-5-11(21-2)6-4-10/h3-6,12,15H,7-8,17H2,1-2H3/t12?,15-/m1/s1. The quantitative estimate of drug-likeness (QED) is 0.659. The number of ether oxygens (including phenoxy) is 2. The maximum Gasteiger partial charge on any atom is 0.355 e. The second kappa shape index (κ2) is 6.25. The van der Waals surface area contributed by atoms with E-state index in [-0.39, 0.29) is 17.9 Å². The van der Waals surface area contributed by atoms with Crippen LogP contribution in [0.25, 0.3) is 0 Å². The van der Waals surface area contributed by atoms with Crippen LogP contribution in [0.5, 0.6) is 5.75 Å². The minimum atomic E-state index is -0.530. The molecule has 1 aromatic carbocycles. The van der Waals surface area contributed by atoms with Crippen LogP contribution < -0.4 is 10.5 Å². The Hall–Kier alpha value is -1.99. The first-order valence-corrected chi connectivity index (χ1v) is 8.28. The van der Waals surface area contributed by atoms with Crippen LogP contribution in [0.4, 0.5) is 0 Å². The average molecular weight is 334 g/mol. The number of carbonyl (C=O) groups is 2. The van der Waals surface area contributed by atoms with Gasteiger partial charge in [0.15, 0.2) is 0 Å². The summed E-state index contributed by atoms with van der Waals surface area (Å²) < 4.78 is 10.5. The summed E-state index contributed by atoms with van der Waals surface area (Å²) in [5.41, 5.74) is 7.81. The number of methoxy groups -OCH3 is 1. The van der Waals surface area contributed by atoms with Gasteiger partial charge in [0.25, 0.3) is 0 Å². The van der Waals surface area contributed by atoms with Gasteiger partial charge in [-0.05, 0) is 30.2 Å². The molecule has 7 heteroatoms. The number of hydrogen-bond acceptors (Lipinski definition) is 6. The van der Waals surface area contributed by atoms with Crippen LogP contribution in [0.15, 0.2) is 35.5 Å². The van der Waals surface area contributed by atoms with Crippen molar-refractivity contribution in [3.05, 3.63) is 41.1 Å². The Labute approximate surface area is 138 Å². The molecule has 0 aliphatic carbocycles. The molecule has 0 bridgehead atoms. The Kier molecular flexibility index (Phi) is 4.32. The van der Waals surface area contributed by atoms with Crippen molar-refractivity contribution in [1.82, 2.24) is 4.90 Å². The van der Waals surface area contributed by atoms with Crippen molar-refractivity contribution >= 4 is 23.6 Å². The fraction of sp³-hybridized carbons (Fsp3) is 0.375. The molecule has 2 aliphatic heterocycles. The lowest BCUT2D eigenvalue weighted by Crippen LogP contribution is -2.68.